The Bertz CT molecular complexity index is 531. The number of nitrogens with zero attached hydrogens (tertiary/aromatic N) is 1. The molecule has 0 atom stereocenters. The number of halogens is 1. The number of aromatic nitrogens is 1. The smallest absolute Gasteiger partial charge is 0.124 e. The van der Waals surface area contributed by atoms with E-state index in [1.807, 2.05) is 30.3 Å². The maximum Gasteiger partial charge on any atom is 0.124 e. The number of hydrogen-bond acceptors (Lipinski definition) is 3. The number of pyridine rings is 1. The predicted octanol–water partition coefficient (Wildman–Crippen LogP) is 3.81. The second-order valence-electron chi connectivity index (χ2n) is 4.57. The molecule has 0 aliphatic carbocycles. The SMILES string of the molecule is CCCNCc1cc(Cl)ccc1OCc1ccncc1. The maximum atomic E-state index is 6.06. The molecule has 4 heteroatoms. The molecule has 1 aromatic carbocycles. The first kappa shape index (κ1) is 14.8. The van der Waals surface area contributed by atoms with Gasteiger partial charge in [0.05, 0.1) is 0 Å². The zero-order valence-electron chi connectivity index (χ0n) is 11.6. The van der Waals surface area contributed by atoms with E-state index < -0.39 is 0 Å². The van der Waals surface area contributed by atoms with Crippen molar-refractivity contribution < 1.29 is 4.74 Å². The van der Waals surface area contributed by atoms with Crippen molar-refractivity contribution in [2.75, 3.05) is 6.54 Å². The Labute approximate surface area is 124 Å². The summed E-state index contributed by atoms with van der Waals surface area (Å²) in [5, 5.41) is 4.10. The van der Waals surface area contributed by atoms with Crippen molar-refractivity contribution in [2.24, 2.45) is 0 Å². The van der Waals surface area contributed by atoms with E-state index in [1.54, 1.807) is 12.4 Å². The van der Waals surface area contributed by atoms with Crippen molar-refractivity contribution >= 4 is 11.6 Å². The first-order valence-corrected chi connectivity index (χ1v) is 7.18. The molecule has 0 unspecified atom stereocenters. The van der Waals surface area contributed by atoms with E-state index >= 15 is 0 Å². The molecule has 1 N–H and O–H groups in total. The molecular weight excluding hydrogens is 272 g/mol. The van der Waals surface area contributed by atoms with Gasteiger partial charge in [0.25, 0.3) is 0 Å². The molecule has 0 radical (unpaired) electrons. The lowest BCUT2D eigenvalue weighted by Crippen LogP contribution is -2.14. The van der Waals surface area contributed by atoms with Crippen LogP contribution in [0, 0.1) is 0 Å². The summed E-state index contributed by atoms with van der Waals surface area (Å²) in [6.45, 7) is 4.42. The van der Waals surface area contributed by atoms with Gasteiger partial charge in [0, 0.05) is 29.5 Å². The number of ether oxygens (including phenoxy) is 1. The monoisotopic (exact) mass is 290 g/mol. The molecule has 0 aliphatic rings. The van der Waals surface area contributed by atoms with E-state index in [4.69, 9.17) is 16.3 Å². The van der Waals surface area contributed by atoms with E-state index in [-0.39, 0.29) is 0 Å². The highest BCUT2D eigenvalue weighted by atomic mass is 35.5. The van der Waals surface area contributed by atoms with Crippen LogP contribution in [0.2, 0.25) is 5.02 Å². The molecule has 2 rings (SSSR count). The topological polar surface area (TPSA) is 34.1 Å². The average Bonchev–Trinajstić information content (AvgIpc) is 2.48. The van der Waals surface area contributed by atoms with Crippen LogP contribution in [-0.2, 0) is 13.2 Å². The van der Waals surface area contributed by atoms with Crippen molar-refractivity contribution in [1.29, 1.82) is 0 Å². The zero-order valence-corrected chi connectivity index (χ0v) is 12.4. The van der Waals surface area contributed by atoms with E-state index in [9.17, 15) is 0 Å². The maximum absolute atomic E-state index is 6.06. The van der Waals surface area contributed by atoms with Crippen molar-refractivity contribution in [3.63, 3.8) is 0 Å². The van der Waals surface area contributed by atoms with Crippen LogP contribution in [0.5, 0.6) is 5.75 Å². The highest BCUT2D eigenvalue weighted by Crippen LogP contribution is 2.23. The molecule has 20 heavy (non-hydrogen) atoms. The molecule has 0 amide bonds. The van der Waals surface area contributed by atoms with Crippen LogP contribution in [-0.4, -0.2) is 11.5 Å². The molecule has 2 aromatic rings. The van der Waals surface area contributed by atoms with Crippen molar-refractivity contribution in [2.45, 2.75) is 26.5 Å². The fourth-order valence-electron chi connectivity index (χ4n) is 1.87. The van der Waals surface area contributed by atoms with Gasteiger partial charge in [-0.2, -0.15) is 0 Å². The van der Waals surface area contributed by atoms with Gasteiger partial charge in [-0.05, 0) is 48.9 Å². The zero-order chi connectivity index (χ0) is 14.2. The third kappa shape index (κ3) is 4.51. The lowest BCUT2D eigenvalue weighted by molar-refractivity contribution is 0.302. The Morgan fingerprint density at radius 3 is 2.75 bits per heavy atom. The molecule has 0 spiro atoms. The second-order valence-corrected chi connectivity index (χ2v) is 5.01. The summed E-state index contributed by atoms with van der Waals surface area (Å²) < 4.78 is 5.88. The number of hydrogen-bond donors (Lipinski definition) is 1. The average molecular weight is 291 g/mol. The molecule has 1 aromatic heterocycles. The summed E-state index contributed by atoms with van der Waals surface area (Å²) >= 11 is 6.06. The Kier molecular flexibility index (Phi) is 5.84. The Balaban J connectivity index is 2.02. The van der Waals surface area contributed by atoms with Gasteiger partial charge in [-0.15, -0.1) is 0 Å². The first-order valence-electron chi connectivity index (χ1n) is 6.80. The summed E-state index contributed by atoms with van der Waals surface area (Å²) in [4.78, 5) is 4.00. The molecule has 1 heterocycles. The van der Waals surface area contributed by atoms with E-state index in [2.05, 4.69) is 17.2 Å². The lowest BCUT2D eigenvalue weighted by atomic mass is 10.2. The van der Waals surface area contributed by atoms with E-state index in [0.717, 1.165) is 41.4 Å². The van der Waals surface area contributed by atoms with Gasteiger partial charge >= 0.3 is 0 Å². The van der Waals surface area contributed by atoms with Gasteiger partial charge < -0.3 is 10.1 Å². The van der Waals surface area contributed by atoms with Crippen LogP contribution in [0.1, 0.15) is 24.5 Å². The third-order valence-corrected chi connectivity index (χ3v) is 3.14. The standard InChI is InChI=1S/C16H19ClN2O/c1-2-7-19-11-14-10-15(17)3-4-16(14)20-12-13-5-8-18-9-6-13/h3-6,8-10,19H,2,7,11-12H2,1H3. The normalized spacial score (nSPS) is 10.5. The second kappa shape index (κ2) is 7.88. The minimum atomic E-state index is 0.533. The molecule has 0 saturated heterocycles. The van der Waals surface area contributed by atoms with Gasteiger partial charge in [0.1, 0.15) is 12.4 Å². The molecule has 0 fully saturated rings. The number of benzene rings is 1. The van der Waals surface area contributed by atoms with Gasteiger partial charge in [-0.3, -0.25) is 4.98 Å². The Morgan fingerprint density at radius 2 is 2.00 bits per heavy atom. The summed E-state index contributed by atoms with van der Waals surface area (Å²) in [6.07, 6.45) is 4.64. The first-order chi connectivity index (χ1) is 9.79. The van der Waals surface area contributed by atoms with Gasteiger partial charge in [-0.1, -0.05) is 18.5 Å². The van der Waals surface area contributed by atoms with Crippen molar-refractivity contribution in [3.05, 3.63) is 58.9 Å². The quantitative estimate of drug-likeness (QED) is 0.787. The van der Waals surface area contributed by atoms with Gasteiger partial charge in [0.2, 0.25) is 0 Å². The largest absolute Gasteiger partial charge is 0.489 e. The minimum Gasteiger partial charge on any atom is -0.489 e. The molecule has 0 bridgehead atoms. The van der Waals surface area contributed by atoms with Crippen LogP contribution < -0.4 is 10.1 Å². The summed E-state index contributed by atoms with van der Waals surface area (Å²) in [5.74, 6) is 0.870. The fourth-order valence-corrected chi connectivity index (χ4v) is 2.06. The predicted molar refractivity (Wildman–Crippen MR) is 82.0 cm³/mol. The summed E-state index contributed by atoms with van der Waals surface area (Å²) in [7, 11) is 0. The lowest BCUT2D eigenvalue weighted by Gasteiger charge is -2.12. The van der Waals surface area contributed by atoms with E-state index in [0.29, 0.717) is 6.61 Å². The van der Waals surface area contributed by atoms with Crippen LogP contribution in [0.3, 0.4) is 0 Å². The third-order valence-electron chi connectivity index (χ3n) is 2.91. The summed E-state index contributed by atoms with van der Waals surface area (Å²) in [5.41, 5.74) is 2.18. The van der Waals surface area contributed by atoms with Crippen LogP contribution in [0.15, 0.2) is 42.7 Å². The van der Waals surface area contributed by atoms with E-state index in [1.165, 1.54) is 0 Å². The van der Waals surface area contributed by atoms with Gasteiger partial charge in [-0.25, -0.2) is 0 Å². The van der Waals surface area contributed by atoms with Crippen LogP contribution in [0.4, 0.5) is 0 Å². The summed E-state index contributed by atoms with van der Waals surface area (Å²) in [6, 6.07) is 9.63. The Hall–Kier alpha value is -1.58. The molecule has 0 saturated carbocycles. The van der Waals surface area contributed by atoms with Crippen molar-refractivity contribution in [3.8, 4) is 5.75 Å². The van der Waals surface area contributed by atoms with Crippen molar-refractivity contribution in [1.82, 2.24) is 10.3 Å². The molecule has 106 valence electrons. The van der Waals surface area contributed by atoms with Crippen LogP contribution in [0.25, 0.3) is 0 Å². The minimum absolute atomic E-state index is 0.533. The van der Waals surface area contributed by atoms with Gasteiger partial charge in [0.15, 0.2) is 0 Å². The number of rotatable bonds is 7. The molecule has 3 nitrogen and oxygen atoms in total. The highest BCUT2D eigenvalue weighted by molar-refractivity contribution is 6.30. The highest BCUT2D eigenvalue weighted by Gasteiger charge is 2.05. The fraction of sp³-hybridized carbons (Fsp3) is 0.312. The number of nitrogens with one attached hydrogen (secondary N) is 1. The van der Waals surface area contributed by atoms with Crippen LogP contribution >= 0.6 is 11.6 Å². The Morgan fingerprint density at radius 1 is 1.20 bits per heavy atom. The molecular formula is C16H19ClN2O. The molecule has 0 aliphatic heterocycles.